The summed E-state index contributed by atoms with van der Waals surface area (Å²) in [5.41, 5.74) is 0.663. The molecule has 1 N–H and O–H groups in total. The highest BCUT2D eigenvalue weighted by Gasteiger charge is 2.30. The maximum Gasteiger partial charge on any atom is 0.316 e. The van der Waals surface area contributed by atoms with Crippen molar-refractivity contribution in [2.45, 2.75) is 31.7 Å². The summed E-state index contributed by atoms with van der Waals surface area (Å²) < 4.78 is 15.7. The van der Waals surface area contributed by atoms with Crippen LogP contribution in [0.25, 0.3) is 11.4 Å². The Kier molecular flexibility index (Phi) is 5.72. The molecule has 0 bridgehead atoms. The van der Waals surface area contributed by atoms with Crippen LogP contribution in [0.15, 0.2) is 22.7 Å². The third-order valence-corrected chi connectivity index (χ3v) is 4.60. The number of aliphatic hydroxyl groups is 1. The number of methoxy groups -OCH3 is 2. The molecule has 1 atom stereocenters. The van der Waals surface area contributed by atoms with Crippen LogP contribution in [0.2, 0.25) is 0 Å². The maximum atomic E-state index is 12.8. The van der Waals surface area contributed by atoms with Crippen LogP contribution in [0.5, 0.6) is 11.5 Å². The van der Waals surface area contributed by atoms with Gasteiger partial charge in [-0.1, -0.05) is 5.16 Å². The van der Waals surface area contributed by atoms with Gasteiger partial charge in [-0.05, 0) is 43.9 Å². The predicted octanol–water partition coefficient (Wildman–Crippen LogP) is 2.13. The summed E-state index contributed by atoms with van der Waals surface area (Å²) in [5, 5.41) is 13.1. The summed E-state index contributed by atoms with van der Waals surface area (Å²) in [4.78, 5) is 18.7. The normalized spacial score (nSPS) is 17.2. The van der Waals surface area contributed by atoms with E-state index in [1.54, 1.807) is 37.3 Å². The first-order chi connectivity index (χ1) is 12.7. The topological polar surface area (TPSA) is 97.9 Å². The molecule has 1 aromatic heterocycles. The fourth-order valence-corrected chi connectivity index (χ4v) is 3.24. The van der Waals surface area contributed by atoms with Crippen LogP contribution in [0.1, 0.15) is 36.4 Å². The largest absolute Gasteiger partial charge is 0.493 e. The number of piperidine rings is 1. The van der Waals surface area contributed by atoms with Gasteiger partial charge in [0.1, 0.15) is 0 Å². The molecule has 0 unspecified atom stereocenters. The van der Waals surface area contributed by atoms with Gasteiger partial charge in [-0.2, -0.15) is 4.98 Å². The van der Waals surface area contributed by atoms with E-state index in [0.717, 1.165) is 19.3 Å². The first-order valence-electron chi connectivity index (χ1n) is 8.66. The Balaban J connectivity index is 1.82. The fraction of sp³-hybridized carbons (Fsp3) is 0.500. The summed E-state index contributed by atoms with van der Waals surface area (Å²) >= 11 is 0. The van der Waals surface area contributed by atoms with Crippen molar-refractivity contribution in [2.24, 2.45) is 0 Å². The second-order valence-corrected chi connectivity index (χ2v) is 6.15. The first kappa shape index (κ1) is 18.2. The highest BCUT2D eigenvalue weighted by Crippen LogP contribution is 2.31. The van der Waals surface area contributed by atoms with E-state index in [9.17, 15) is 9.90 Å². The van der Waals surface area contributed by atoms with Crippen LogP contribution in [0.4, 0.5) is 0 Å². The van der Waals surface area contributed by atoms with E-state index in [2.05, 4.69) is 10.1 Å². The van der Waals surface area contributed by atoms with E-state index in [1.807, 2.05) is 0 Å². The van der Waals surface area contributed by atoms with Gasteiger partial charge in [-0.3, -0.25) is 4.79 Å². The molecule has 8 nitrogen and oxygen atoms in total. The number of benzene rings is 1. The summed E-state index contributed by atoms with van der Waals surface area (Å²) in [6, 6.07) is 5.26. The number of hydrogen-bond donors (Lipinski definition) is 1. The third-order valence-electron chi connectivity index (χ3n) is 4.60. The van der Waals surface area contributed by atoms with Crippen LogP contribution in [-0.2, 0) is 0 Å². The highest BCUT2D eigenvalue weighted by molar-refractivity contribution is 5.90. The van der Waals surface area contributed by atoms with Crippen LogP contribution < -0.4 is 9.47 Å². The Hall–Kier alpha value is -2.61. The van der Waals surface area contributed by atoms with Gasteiger partial charge in [0.15, 0.2) is 11.5 Å². The van der Waals surface area contributed by atoms with Crippen molar-refractivity contribution in [2.75, 3.05) is 27.4 Å². The molecule has 1 saturated heterocycles. The number of aromatic nitrogens is 2. The average Bonchev–Trinajstić information content (AvgIpc) is 3.18. The number of carbonyl (C=O) groups is 1. The Labute approximate surface area is 151 Å². The van der Waals surface area contributed by atoms with E-state index >= 15 is 0 Å². The van der Waals surface area contributed by atoms with Gasteiger partial charge in [0.25, 0.3) is 0 Å². The lowest BCUT2D eigenvalue weighted by Crippen LogP contribution is -2.44. The van der Waals surface area contributed by atoms with E-state index in [4.69, 9.17) is 14.0 Å². The first-order valence-corrected chi connectivity index (χ1v) is 8.66. The van der Waals surface area contributed by atoms with E-state index in [0.29, 0.717) is 35.9 Å². The van der Waals surface area contributed by atoms with Crippen molar-refractivity contribution in [1.82, 2.24) is 15.0 Å². The lowest BCUT2D eigenvalue weighted by molar-refractivity contribution is 0.0525. The monoisotopic (exact) mass is 361 g/mol. The second-order valence-electron chi connectivity index (χ2n) is 6.15. The predicted molar refractivity (Wildman–Crippen MR) is 93.2 cm³/mol. The Morgan fingerprint density at radius 1 is 1.31 bits per heavy atom. The molecule has 1 amide bonds. The minimum Gasteiger partial charge on any atom is -0.493 e. The minimum absolute atomic E-state index is 0.0117. The summed E-state index contributed by atoms with van der Waals surface area (Å²) in [5.74, 6) is 1.12. The Morgan fingerprint density at radius 3 is 2.85 bits per heavy atom. The lowest BCUT2D eigenvalue weighted by atomic mass is 9.99. The molecule has 0 aliphatic carbocycles. The summed E-state index contributed by atoms with van der Waals surface area (Å²) in [7, 11) is 3.11. The van der Waals surface area contributed by atoms with E-state index < -0.39 is 0 Å². The van der Waals surface area contributed by atoms with Gasteiger partial charge < -0.3 is 24.0 Å². The van der Waals surface area contributed by atoms with Gasteiger partial charge >= 0.3 is 11.8 Å². The van der Waals surface area contributed by atoms with Crippen LogP contribution in [0.3, 0.4) is 0 Å². The number of carbonyl (C=O) groups excluding carboxylic acids is 1. The zero-order chi connectivity index (χ0) is 18.5. The molecule has 2 heterocycles. The van der Waals surface area contributed by atoms with Crippen molar-refractivity contribution in [3.8, 4) is 22.9 Å². The maximum absolute atomic E-state index is 12.8. The molecule has 0 saturated carbocycles. The number of ether oxygens (including phenoxy) is 2. The Bertz CT molecular complexity index is 759. The molecular formula is C18H23N3O5. The molecule has 3 rings (SSSR count). The fourth-order valence-electron chi connectivity index (χ4n) is 3.24. The lowest BCUT2D eigenvalue weighted by Gasteiger charge is -2.34. The van der Waals surface area contributed by atoms with Gasteiger partial charge in [-0.15, -0.1) is 0 Å². The third kappa shape index (κ3) is 3.65. The van der Waals surface area contributed by atoms with Crippen molar-refractivity contribution >= 4 is 5.91 Å². The Morgan fingerprint density at radius 2 is 2.12 bits per heavy atom. The van der Waals surface area contributed by atoms with Crippen molar-refractivity contribution in [1.29, 1.82) is 0 Å². The number of likely N-dealkylation sites (tertiary alicyclic amines) is 1. The van der Waals surface area contributed by atoms with Crippen molar-refractivity contribution < 1.29 is 23.9 Å². The van der Waals surface area contributed by atoms with Crippen LogP contribution in [0, 0.1) is 0 Å². The average molecular weight is 361 g/mol. The molecule has 0 spiro atoms. The quantitative estimate of drug-likeness (QED) is 0.841. The molecule has 140 valence electrons. The number of nitrogens with zero attached hydrogens (tertiary/aromatic N) is 3. The molecule has 2 aromatic rings. The number of amides is 1. The van der Waals surface area contributed by atoms with Gasteiger partial charge in [0.2, 0.25) is 5.82 Å². The van der Waals surface area contributed by atoms with E-state index in [1.165, 1.54) is 0 Å². The van der Waals surface area contributed by atoms with Gasteiger partial charge in [0.05, 0.1) is 14.2 Å². The molecule has 1 fully saturated rings. The van der Waals surface area contributed by atoms with Crippen molar-refractivity contribution in [3.63, 3.8) is 0 Å². The smallest absolute Gasteiger partial charge is 0.316 e. The van der Waals surface area contributed by atoms with Gasteiger partial charge in [0, 0.05) is 24.8 Å². The second kappa shape index (κ2) is 8.18. The molecule has 1 aromatic carbocycles. The molecule has 1 aliphatic rings. The number of aliphatic hydroxyl groups excluding tert-OH is 1. The number of hydrogen-bond acceptors (Lipinski definition) is 7. The van der Waals surface area contributed by atoms with E-state index in [-0.39, 0.29) is 24.4 Å². The zero-order valence-corrected chi connectivity index (χ0v) is 15.0. The molecule has 0 radical (unpaired) electrons. The SMILES string of the molecule is COc1ccc(-c2noc(C(=O)N3CCCC[C@H]3CCO)n2)cc1OC. The molecule has 26 heavy (non-hydrogen) atoms. The van der Waals surface area contributed by atoms with Crippen molar-refractivity contribution in [3.05, 3.63) is 24.1 Å². The molecule has 8 heteroatoms. The van der Waals surface area contributed by atoms with Gasteiger partial charge in [-0.25, -0.2) is 0 Å². The molecule has 1 aliphatic heterocycles. The summed E-state index contributed by atoms with van der Waals surface area (Å²) in [6.45, 7) is 0.687. The standard InChI is InChI=1S/C18H23N3O5/c1-24-14-7-6-12(11-15(14)25-2)16-19-17(26-20-16)18(23)21-9-4-3-5-13(21)8-10-22/h6-7,11,13,22H,3-5,8-10H2,1-2H3/t13-/m0/s1. The number of rotatable bonds is 6. The minimum atomic E-state index is -0.289. The highest BCUT2D eigenvalue weighted by atomic mass is 16.5. The zero-order valence-electron chi connectivity index (χ0n) is 15.0. The summed E-state index contributed by atoms with van der Waals surface area (Å²) in [6.07, 6.45) is 3.42. The van der Waals surface area contributed by atoms with Crippen LogP contribution in [-0.4, -0.2) is 59.5 Å². The van der Waals surface area contributed by atoms with Crippen LogP contribution >= 0.6 is 0 Å². The molecular weight excluding hydrogens is 338 g/mol.